The van der Waals surface area contributed by atoms with E-state index in [0.717, 1.165) is 35.5 Å². The van der Waals surface area contributed by atoms with Crippen molar-refractivity contribution in [1.29, 1.82) is 0 Å². The van der Waals surface area contributed by atoms with Gasteiger partial charge in [0.05, 0.1) is 19.1 Å². The van der Waals surface area contributed by atoms with E-state index < -0.39 is 0 Å². The van der Waals surface area contributed by atoms with Crippen molar-refractivity contribution >= 4 is 11.6 Å². The van der Waals surface area contributed by atoms with E-state index >= 15 is 0 Å². The maximum Gasteiger partial charge on any atom is 0.291 e. The molecule has 34 heavy (non-hydrogen) atoms. The van der Waals surface area contributed by atoms with Crippen LogP contribution < -0.4 is 10.1 Å². The van der Waals surface area contributed by atoms with Gasteiger partial charge in [-0.05, 0) is 56.2 Å². The Labute approximate surface area is 199 Å². The lowest BCUT2D eigenvalue weighted by atomic mass is 9.95. The molecule has 1 fully saturated rings. The molecular weight excluding hydrogens is 426 g/mol. The first-order valence-electron chi connectivity index (χ1n) is 11.8. The first-order chi connectivity index (χ1) is 16.6. The topological polar surface area (TPSA) is 69.3 Å². The smallest absolute Gasteiger partial charge is 0.291 e. The van der Waals surface area contributed by atoms with Crippen LogP contribution in [0.4, 0.5) is 5.69 Å². The molecule has 1 amide bonds. The Morgan fingerprint density at radius 2 is 1.74 bits per heavy atom. The van der Waals surface area contributed by atoms with E-state index in [9.17, 15) is 4.79 Å². The number of nitrogens with zero attached hydrogens (tertiary/aromatic N) is 2. The summed E-state index contributed by atoms with van der Waals surface area (Å²) in [6, 6.07) is 19.6. The number of anilines is 1. The minimum atomic E-state index is -0.294. The van der Waals surface area contributed by atoms with E-state index in [1.165, 1.54) is 24.8 Å². The van der Waals surface area contributed by atoms with Crippen LogP contribution >= 0.6 is 0 Å². The first kappa shape index (κ1) is 22.0. The first-order valence-corrected chi connectivity index (χ1v) is 11.8. The van der Waals surface area contributed by atoms with Crippen LogP contribution in [0, 0.1) is 6.92 Å². The van der Waals surface area contributed by atoms with E-state index in [1.54, 1.807) is 37.4 Å². The van der Waals surface area contributed by atoms with Gasteiger partial charge in [0.1, 0.15) is 11.4 Å². The minimum absolute atomic E-state index is 0.261. The molecule has 0 bridgehead atoms. The van der Waals surface area contributed by atoms with Gasteiger partial charge in [0.2, 0.25) is 0 Å². The molecule has 5 rings (SSSR count). The Kier molecular flexibility index (Phi) is 6.21. The Balaban J connectivity index is 1.47. The quantitative estimate of drug-likeness (QED) is 0.344. The number of methoxy groups -OCH3 is 1. The number of hydrogen-bond acceptors (Lipinski definition) is 4. The molecule has 2 aromatic carbocycles. The number of carbonyl (C=O) groups is 1. The summed E-state index contributed by atoms with van der Waals surface area (Å²) in [5, 5.41) is 2.89. The van der Waals surface area contributed by atoms with Gasteiger partial charge in [-0.3, -0.25) is 4.79 Å². The van der Waals surface area contributed by atoms with Crippen LogP contribution in [0.2, 0.25) is 0 Å². The van der Waals surface area contributed by atoms with Crippen molar-refractivity contribution in [3.8, 4) is 28.5 Å². The van der Waals surface area contributed by atoms with Crippen LogP contribution in [-0.2, 0) is 0 Å². The van der Waals surface area contributed by atoms with Crippen molar-refractivity contribution in [3.05, 3.63) is 78.3 Å². The number of imidazole rings is 1. The predicted octanol–water partition coefficient (Wildman–Crippen LogP) is 6.88. The fourth-order valence-electron chi connectivity index (χ4n) is 4.62. The van der Waals surface area contributed by atoms with Gasteiger partial charge < -0.3 is 19.0 Å². The monoisotopic (exact) mass is 455 g/mol. The van der Waals surface area contributed by atoms with Crippen molar-refractivity contribution in [1.82, 2.24) is 9.55 Å². The number of ether oxygens (including phenoxy) is 1. The zero-order chi connectivity index (χ0) is 23.5. The van der Waals surface area contributed by atoms with Gasteiger partial charge in [-0.2, -0.15) is 0 Å². The number of rotatable bonds is 6. The largest absolute Gasteiger partial charge is 0.497 e. The molecule has 4 aromatic rings. The van der Waals surface area contributed by atoms with Crippen LogP contribution in [0.25, 0.3) is 22.7 Å². The molecule has 0 atom stereocenters. The van der Waals surface area contributed by atoms with Crippen molar-refractivity contribution in [3.63, 3.8) is 0 Å². The molecule has 0 radical (unpaired) electrons. The molecule has 1 aliphatic rings. The third-order valence-electron chi connectivity index (χ3n) is 6.50. The van der Waals surface area contributed by atoms with Gasteiger partial charge in [-0.25, -0.2) is 4.98 Å². The summed E-state index contributed by atoms with van der Waals surface area (Å²) in [4.78, 5) is 17.7. The zero-order valence-corrected chi connectivity index (χ0v) is 19.6. The molecule has 0 spiro atoms. The second kappa shape index (κ2) is 9.59. The van der Waals surface area contributed by atoms with Crippen LogP contribution in [0.1, 0.15) is 54.3 Å². The maximum atomic E-state index is 12.9. The van der Waals surface area contributed by atoms with Gasteiger partial charge in [0.25, 0.3) is 5.91 Å². The van der Waals surface area contributed by atoms with Gasteiger partial charge in [-0.1, -0.05) is 49.1 Å². The van der Waals surface area contributed by atoms with Crippen LogP contribution in [-0.4, -0.2) is 22.6 Å². The Hall–Kier alpha value is -3.80. The molecule has 6 heteroatoms. The Morgan fingerprint density at radius 1 is 1.00 bits per heavy atom. The number of carbonyl (C=O) groups excluding carboxylic acids is 1. The molecule has 0 unspecified atom stereocenters. The average Bonchev–Trinajstić information content (AvgIpc) is 3.53. The molecule has 0 aliphatic heterocycles. The van der Waals surface area contributed by atoms with E-state index in [1.807, 2.05) is 12.4 Å². The van der Waals surface area contributed by atoms with Crippen LogP contribution in [0.15, 0.2) is 71.4 Å². The lowest BCUT2D eigenvalue weighted by Crippen LogP contribution is -2.13. The average molecular weight is 456 g/mol. The lowest BCUT2D eigenvalue weighted by Gasteiger charge is -2.24. The Bertz CT molecular complexity index is 1260. The van der Waals surface area contributed by atoms with Gasteiger partial charge in [-0.15, -0.1) is 0 Å². The number of amides is 1. The highest BCUT2D eigenvalue weighted by molar-refractivity contribution is 6.02. The third-order valence-corrected chi connectivity index (χ3v) is 6.50. The summed E-state index contributed by atoms with van der Waals surface area (Å²) in [6.07, 6.45) is 7.90. The van der Waals surface area contributed by atoms with E-state index in [2.05, 4.69) is 41.1 Å². The van der Waals surface area contributed by atoms with Gasteiger partial charge in [0, 0.05) is 17.3 Å². The second-order valence-electron chi connectivity index (χ2n) is 8.85. The highest BCUT2D eigenvalue weighted by Crippen LogP contribution is 2.38. The molecule has 174 valence electrons. The van der Waals surface area contributed by atoms with Crippen molar-refractivity contribution in [2.24, 2.45) is 0 Å². The SMILES string of the molecule is COc1ccc(NC(=O)c2ccc(-c3c(-c4ccc(C)cc4)ncn3C3CCCCC3)o2)cc1. The normalized spacial score (nSPS) is 14.2. The lowest BCUT2D eigenvalue weighted by molar-refractivity contribution is 0.0997. The predicted molar refractivity (Wildman–Crippen MR) is 133 cm³/mol. The molecular formula is C28H29N3O3. The summed E-state index contributed by atoms with van der Waals surface area (Å²) in [6.45, 7) is 2.07. The van der Waals surface area contributed by atoms with Gasteiger partial charge >= 0.3 is 0 Å². The van der Waals surface area contributed by atoms with E-state index in [-0.39, 0.29) is 11.7 Å². The number of furan rings is 1. The standard InChI is InChI=1S/C28H29N3O3/c1-19-8-10-20(11-9-19)26-27(31(18-29-26)22-6-4-3-5-7-22)24-16-17-25(34-24)28(32)30-21-12-14-23(33-2)15-13-21/h8-18,22H,3-7H2,1-2H3,(H,30,32). The molecule has 2 heterocycles. The number of benzene rings is 2. The van der Waals surface area contributed by atoms with Crippen molar-refractivity contribution in [2.45, 2.75) is 45.1 Å². The minimum Gasteiger partial charge on any atom is -0.497 e. The molecule has 2 aromatic heterocycles. The third kappa shape index (κ3) is 4.49. The number of nitrogens with one attached hydrogen (secondary N) is 1. The van der Waals surface area contributed by atoms with E-state index in [4.69, 9.17) is 14.1 Å². The highest BCUT2D eigenvalue weighted by atomic mass is 16.5. The van der Waals surface area contributed by atoms with Crippen molar-refractivity contribution in [2.75, 3.05) is 12.4 Å². The second-order valence-corrected chi connectivity index (χ2v) is 8.85. The molecule has 6 nitrogen and oxygen atoms in total. The van der Waals surface area contributed by atoms with Gasteiger partial charge in [0.15, 0.2) is 11.5 Å². The number of aryl methyl sites for hydroxylation is 1. The summed E-state index contributed by atoms with van der Waals surface area (Å²) in [7, 11) is 1.61. The zero-order valence-electron chi connectivity index (χ0n) is 19.6. The number of aromatic nitrogens is 2. The molecule has 1 aliphatic carbocycles. The van der Waals surface area contributed by atoms with Crippen LogP contribution in [0.3, 0.4) is 0 Å². The number of hydrogen-bond donors (Lipinski definition) is 1. The Morgan fingerprint density at radius 3 is 2.44 bits per heavy atom. The van der Waals surface area contributed by atoms with E-state index in [0.29, 0.717) is 17.5 Å². The van der Waals surface area contributed by atoms with Crippen LogP contribution in [0.5, 0.6) is 5.75 Å². The maximum absolute atomic E-state index is 12.9. The summed E-state index contributed by atoms with van der Waals surface area (Å²) < 4.78 is 13.6. The highest BCUT2D eigenvalue weighted by Gasteiger charge is 2.25. The summed E-state index contributed by atoms with van der Waals surface area (Å²) in [5.74, 6) is 1.35. The molecule has 1 N–H and O–H groups in total. The fraction of sp³-hybridized carbons (Fsp3) is 0.286. The fourth-order valence-corrected chi connectivity index (χ4v) is 4.62. The molecule has 1 saturated carbocycles. The summed E-state index contributed by atoms with van der Waals surface area (Å²) in [5.41, 5.74) is 4.72. The molecule has 0 saturated heterocycles. The van der Waals surface area contributed by atoms with Crippen molar-refractivity contribution < 1.29 is 13.9 Å². The summed E-state index contributed by atoms with van der Waals surface area (Å²) >= 11 is 0.